The molecule has 1 aliphatic carbocycles. The molecule has 1 fully saturated rings. The number of aryl methyl sites for hydroxylation is 1. The highest BCUT2D eigenvalue weighted by Crippen LogP contribution is 2.32. The smallest absolute Gasteiger partial charge is 0.194 e. The molecule has 0 amide bonds. The maximum absolute atomic E-state index is 13.2. The molecule has 1 saturated carbocycles. The van der Waals surface area contributed by atoms with E-state index < -0.39 is 17.5 Å². The first-order chi connectivity index (χ1) is 11.1. The molecule has 23 heavy (non-hydrogen) atoms. The van der Waals surface area contributed by atoms with Crippen molar-refractivity contribution in [1.82, 2.24) is 0 Å². The van der Waals surface area contributed by atoms with Crippen molar-refractivity contribution in [3.63, 3.8) is 0 Å². The van der Waals surface area contributed by atoms with Crippen LogP contribution < -0.4 is 0 Å². The lowest BCUT2D eigenvalue weighted by Gasteiger charge is -2.26. The summed E-state index contributed by atoms with van der Waals surface area (Å²) in [5, 5.41) is 0. The molecule has 1 aliphatic rings. The molecule has 1 aromatic carbocycles. The lowest BCUT2D eigenvalue weighted by molar-refractivity contribution is 0.295. The summed E-state index contributed by atoms with van der Waals surface area (Å²) in [7, 11) is 0. The number of halogens is 4. The second-order valence-electron chi connectivity index (χ2n) is 6.45. The van der Waals surface area contributed by atoms with Crippen molar-refractivity contribution in [2.24, 2.45) is 11.8 Å². The summed E-state index contributed by atoms with van der Waals surface area (Å²) in [6.07, 6.45) is 11.6. The molecule has 2 rings (SSSR count). The van der Waals surface area contributed by atoms with Gasteiger partial charge in [0.05, 0.1) is 6.67 Å². The standard InChI is InChI=1S/C19H24F4/c20-11-3-1-2-4-14-5-7-15(8-6-14)9-10-16-12-17(21)19(23)18(22)13-16/h2,4,12-15H,1,3,5-11H2/b4-2+. The van der Waals surface area contributed by atoms with Crippen LogP contribution in [0.5, 0.6) is 0 Å². The monoisotopic (exact) mass is 328 g/mol. The molecule has 0 bridgehead atoms. The van der Waals surface area contributed by atoms with Gasteiger partial charge in [0, 0.05) is 0 Å². The molecule has 4 heteroatoms. The summed E-state index contributed by atoms with van der Waals surface area (Å²) < 4.78 is 51.3. The normalized spacial score (nSPS) is 21.9. The Hall–Kier alpha value is -1.32. The summed E-state index contributed by atoms with van der Waals surface area (Å²) in [4.78, 5) is 0. The molecular weight excluding hydrogens is 304 g/mol. The largest absolute Gasteiger partial charge is 0.251 e. The van der Waals surface area contributed by atoms with Gasteiger partial charge in [0.25, 0.3) is 0 Å². The fourth-order valence-corrected chi connectivity index (χ4v) is 3.28. The number of hydrogen-bond donors (Lipinski definition) is 0. The van der Waals surface area contributed by atoms with Crippen LogP contribution in [0.2, 0.25) is 0 Å². The average Bonchev–Trinajstić information content (AvgIpc) is 2.55. The zero-order valence-corrected chi connectivity index (χ0v) is 13.3. The first-order valence-corrected chi connectivity index (χ1v) is 8.46. The zero-order chi connectivity index (χ0) is 16.7. The third-order valence-corrected chi connectivity index (χ3v) is 4.69. The summed E-state index contributed by atoms with van der Waals surface area (Å²) in [6, 6.07) is 2.19. The summed E-state index contributed by atoms with van der Waals surface area (Å²) in [6.45, 7) is -0.262. The summed E-state index contributed by atoms with van der Waals surface area (Å²) in [5.74, 6) is -2.48. The van der Waals surface area contributed by atoms with Crippen LogP contribution in [0.4, 0.5) is 17.6 Å². The quantitative estimate of drug-likeness (QED) is 0.244. The molecule has 0 spiro atoms. The first-order valence-electron chi connectivity index (χ1n) is 8.46. The van der Waals surface area contributed by atoms with Crippen LogP contribution in [-0.4, -0.2) is 6.67 Å². The molecule has 0 nitrogen and oxygen atoms in total. The molecule has 0 N–H and O–H groups in total. The van der Waals surface area contributed by atoms with Crippen LogP contribution >= 0.6 is 0 Å². The number of unbranched alkanes of at least 4 members (excludes halogenated alkanes) is 1. The SMILES string of the molecule is FCCC/C=C/C1CCC(CCc2cc(F)c(F)c(F)c2)CC1. The second kappa shape index (κ2) is 9.09. The highest BCUT2D eigenvalue weighted by atomic mass is 19.2. The van der Waals surface area contributed by atoms with E-state index in [4.69, 9.17) is 0 Å². The Labute approximate surface area is 135 Å². The molecular formula is C19H24F4. The van der Waals surface area contributed by atoms with Gasteiger partial charge in [-0.1, -0.05) is 12.2 Å². The Morgan fingerprint density at radius 1 is 1.00 bits per heavy atom. The van der Waals surface area contributed by atoms with Gasteiger partial charge in [-0.15, -0.1) is 0 Å². The molecule has 0 radical (unpaired) electrons. The van der Waals surface area contributed by atoms with Crippen LogP contribution in [0.15, 0.2) is 24.3 Å². The summed E-state index contributed by atoms with van der Waals surface area (Å²) in [5.41, 5.74) is 0.523. The van der Waals surface area contributed by atoms with E-state index in [1.165, 1.54) is 0 Å². The topological polar surface area (TPSA) is 0 Å². The Morgan fingerprint density at radius 2 is 1.65 bits per heavy atom. The van der Waals surface area contributed by atoms with Crippen molar-refractivity contribution >= 4 is 0 Å². The van der Waals surface area contributed by atoms with Crippen LogP contribution in [0, 0.1) is 29.3 Å². The van der Waals surface area contributed by atoms with Crippen molar-refractivity contribution in [1.29, 1.82) is 0 Å². The highest BCUT2D eigenvalue weighted by Gasteiger charge is 2.19. The van der Waals surface area contributed by atoms with Crippen LogP contribution in [0.1, 0.15) is 50.5 Å². The van der Waals surface area contributed by atoms with E-state index in [0.717, 1.165) is 50.7 Å². The molecule has 0 atom stereocenters. The number of alkyl halides is 1. The van der Waals surface area contributed by atoms with Gasteiger partial charge in [0.15, 0.2) is 17.5 Å². The lowest BCUT2D eigenvalue weighted by Crippen LogP contribution is -2.14. The number of rotatable bonds is 7. The molecule has 0 saturated heterocycles. The third kappa shape index (κ3) is 5.67. The van der Waals surface area contributed by atoms with E-state index in [2.05, 4.69) is 12.2 Å². The van der Waals surface area contributed by atoms with Gasteiger partial charge in [-0.05, 0) is 80.9 Å². The van der Waals surface area contributed by atoms with Crippen molar-refractivity contribution in [3.8, 4) is 0 Å². The minimum atomic E-state index is -1.39. The third-order valence-electron chi connectivity index (χ3n) is 4.69. The van der Waals surface area contributed by atoms with Gasteiger partial charge in [0.2, 0.25) is 0 Å². The molecule has 0 aliphatic heterocycles. The first kappa shape index (κ1) is 18.0. The van der Waals surface area contributed by atoms with Crippen LogP contribution in [0.3, 0.4) is 0 Å². The molecule has 0 aromatic heterocycles. The number of hydrogen-bond acceptors (Lipinski definition) is 0. The van der Waals surface area contributed by atoms with Gasteiger partial charge in [0.1, 0.15) is 0 Å². The van der Waals surface area contributed by atoms with Gasteiger partial charge < -0.3 is 0 Å². The minimum absolute atomic E-state index is 0.262. The van der Waals surface area contributed by atoms with Crippen molar-refractivity contribution in [2.75, 3.05) is 6.67 Å². The van der Waals surface area contributed by atoms with Gasteiger partial charge in [-0.2, -0.15) is 0 Å². The zero-order valence-electron chi connectivity index (χ0n) is 13.3. The maximum atomic E-state index is 13.2. The van der Waals surface area contributed by atoms with E-state index in [0.29, 0.717) is 30.2 Å². The fourth-order valence-electron chi connectivity index (χ4n) is 3.28. The van der Waals surface area contributed by atoms with E-state index in [1.54, 1.807) is 0 Å². The van der Waals surface area contributed by atoms with Gasteiger partial charge in [-0.3, -0.25) is 4.39 Å². The van der Waals surface area contributed by atoms with Crippen molar-refractivity contribution < 1.29 is 17.6 Å². The average molecular weight is 328 g/mol. The van der Waals surface area contributed by atoms with Crippen LogP contribution in [-0.2, 0) is 6.42 Å². The molecule has 0 unspecified atom stereocenters. The lowest BCUT2D eigenvalue weighted by atomic mass is 9.79. The Kier molecular flexibility index (Phi) is 7.13. The highest BCUT2D eigenvalue weighted by molar-refractivity contribution is 5.19. The summed E-state index contributed by atoms with van der Waals surface area (Å²) >= 11 is 0. The minimum Gasteiger partial charge on any atom is -0.251 e. The van der Waals surface area contributed by atoms with Crippen LogP contribution in [0.25, 0.3) is 0 Å². The van der Waals surface area contributed by atoms with E-state index >= 15 is 0 Å². The Morgan fingerprint density at radius 3 is 2.26 bits per heavy atom. The van der Waals surface area contributed by atoms with Gasteiger partial charge >= 0.3 is 0 Å². The number of allylic oxidation sites excluding steroid dienone is 2. The maximum Gasteiger partial charge on any atom is 0.194 e. The molecule has 0 heterocycles. The fraction of sp³-hybridized carbons (Fsp3) is 0.579. The predicted octanol–water partition coefficient (Wildman–Crippen LogP) is 6.15. The van der Waals surface area contributed by atoms with Gasteiger partial charge in [-0.25, -0.2) is 13.2 Å². The Bertz CT molecular complexity index is 493. The van der Waals surface area contributed by atoms with E-state index in [-0.39, 0.29) is 6.67 Å². The number of benzene rings is 1. The Balaban J connectivity index is 1.73. The molecule has 128 valence electrons. The van der Waals surface area contributed by atoms with E-state index in [9.17, 15) is 17.6 Å². The predicted molar refractivity (Wildman–Crippen MR) is 84.4 cm³/mol. The van der Waals surface area contributed by atoms with E-state index in [1.807, 2.05) is 0 Å². The van der Waals surface area contributed by atoms with Crippen molar-refractivity contribution in [3.05, 3.63) is 47.3 Å². The molecule has 1 aromatic rings. The second-order valence-corrected chi connectivity index (χ2v) is 6.45. The van der Waals surface area contributed by atoms with Crippen molar-refractivity contribution in [2.45, 2.75) is 51.4 Å².